The van der Waals surface area contributed by atoms with Crippen molar-refractivity contribution in [1.29, 1.82) is 0 Å². The summed E-state index contributed by atoms with van der Waals surface area (Å²) in [5, 5.41) is 10.2. The van der Waals surface area contributed by atoms with Crippen LogP contribution >= 0.6 is 22.6 Å². The van der Waals surface area contributed by atoms with Gasteiger partial charge in [0, 0.05) is 22.4 Å². The van der Waals surface area contributed by atoms with Gasteiger partial charge in [0.2, 0.25) is 0 Å². The third-order valence-corrected chi connectivity index (χ3v) is 3.48. The molecule has 88 valence electrons. The third-order valence-electron chi connectivity index (χ3n) is 2.76. The number of nitrogens with zero attached hydrogens (tertiary/aromatic N) is 1. The summed E-state index contributed by atoms with van der Waals surface area (Å²) in [7, 11) is 0. The molecule has 0 saturated heterocycles. The van der Waals surface area contributed by atoms with Gasteiger partial charge >= 0.3 is 0 Å². The molecule has 0 radical (unpaired) electrons. The van der Waals surface area contributed by atoms with Gasteiger partial charge in [-0.25, -0.2) is 0 Å². The average Bonchev–Trinajstić information content (AvgIpc) is 2.32. The Labute approximate surface area is 115 Å². The lowest BCUT2D eigenvalue weighted by atomic mass is 9.99. The van der Waals surface area contributed by atoms with Crippen molar-refractivity contribution in [1.82, 2.24) is 4.98 Å². The number of hydrogen-bond donors (Lipinski definition) is 1. The van der Waals surface area contributed by atoms with Gasteiger partial charge < -0.3 is 5.11 Å². The lowest BCUT2D eigenvalue weighted by Crippen LogP contribution is -2.04. The van der Waals surface area contributed by atoms with E-state index in [1.165, 1.54) is 3.57 Å². The summed E-state index contributed by atoms with van der Waals surface area (Å²) in [6.07, 6.45) is 3.69. The number of hydrogen-bond acceptors (Lipinski definition) is 2. The van der Waals surface area contributed by atoms with Gasteiger partial charge in [-0.05, 0) is 64.4 Å². The lowest BCUT2D eigenvalue weighted by molar-refractivity contribution is 0.177. The maximum absolute atomic E-state index is 10.2. The molecule has 2 rings (SSSR count). The molecule has 0 aliphatic rings. The summed E-state index contributed by atoms with van der Waals surface area (Å²) in [5.74, 6) is 0. The Morgan fingerprint density at radius 3 is 2.59 bits per heavy atom. The molecule has 2 nitrogen and oxygen atoms in total. The van der Waals surface area contributed by atoms with Crippen LogP contribution in [0.3, 0.4) is 0 Å². The number of pyridine rings is 1. The molecule has 1 N–H and O–H groups in total. The zero-order valence-corrected chi connectivity index (χ0v) is 11.8. The molecule has 1 heterocycles. The highest BCUT2D eigenvalue weighted by Crippen LogP contribution is 2.21. The molecule has 0 aliphatic heterocycles. The van der Waals surface area contributed by atoms with E-state index in [1.54, 1.807) is 12.4 Å². The Bertz CT molecular complexity index is 496. The van der Waals surface area contributed by atoms with E-state index in [2.05, 4.69) is 51.8 Å². The van der Waals surface area contributed by atoms with Gasteiger partial charge in [0.25, 0.3) is 0 Å². The SMILES string of the molecule is Cc1cnccc1C(O)Cc1ccc(I)cc1. The quantitative estimate of drug-likeness (QED) is 0.871. The molecule has 17 heavy (non-hydrogen) atoms. The highest BCUT2D eigenvalue weighted by Gasteiger charge is 2.10. The standard InChI is InChI=1S/C14H14INO/c1-10-9-16-7-6-13(10)14(17)8-11-2-4-12(15)5-3-11/h2-7,9,14,17H,8H2,1H3. The van der Waals surface area contributed by atoms with E-state index in [-0.39, 0.29) is 0 Å². The van der Waals surface area contributed by atoms with Crippen LogP contribution in [0.15, 0.2) is 42.7 Å². The van der Waals surface area contributed by atoms with Gasteiger partial charge in [0.05, 0.1) is 6.10 Å². The van der Waals surface area contributed by atoms with Crippen LogP contribution in [0.5, 0.6) is 0 Å². The fourth-order valence-electron chi connectivity index (χ4n) is 1.81. The lowest BCUT2D eigenvalue weighted by Gasteiger charge is -2.13. The summed E-state index contributed by atoms with van der Waals surface area (Å²) >= 11 is 2.28. The Balaban J connectivity index is 2.14. The second-order valence-corrected chi connectivity index (χ2v) is 5.32. The minimum absolute atomic E-state index is 0.460. The first kappa shape index (κ1) is 12.5. The van der Waals surface area contributed by atoms with Crippen molar-refractivity contribution in [3.63, 3.8) is 0 Å². The van der Waals surface area contributed by atoms with Crippen molar-refractivity contribution in [2.45, 2.75) is 19.4 Å². The largest absolute Gasteiger partial charge is 0.388 e. The van der Waals surface area contributed by atoms with Gasteiger partial charge in [-0.1, -0.05) is 12.1 Å². The molecule has 1 aromatic heterocycles. The molecule has 0 saturated carbocycles. The topological polar surface area (TPSA) is 33.1 Å². The van der Waals surface area contributed by atoms with Gasteiger partial charge in [0.15, 0.2) is 0 Å². The third kappa shape index (κ3) is 3.26. The van der Waals surface area contributed by atoms with E-state index in [4.69, 9.17) is 0 Å². The van der Waals surface area contributed by atoms with Crippen molar-refractivity contribution in [3.8, 4) is 0 Å². The van der Waals surface area contributed by atoms with Crippen molar-refractivity contribution in [2.75, 3.05) is 0 Å². The zero-order valence-electron chi connectivity index (χ0n) is 9.60. The number of aliphatic hydroxyl groups is 1. The van der Waals surface area contributed by atoms with E-state index in [9.17, 15) is 5.11 Å². The van der Waals surface area contributed by atoms with Crippen LogP contribution in [0.25, 0.3) is 0 Å². The maximum Gasteiger partial charge on any atom is 0.0834 e. The number of aliphatic hydroxyl groups excluding tert-OH is 1. The first-order valence-corrected chi connectivity index (χ1v) is 6.57. The molecule has 0 fully saturated rings. The number of aromatic nitrogens is 1. The molecule has 2 aromatic rings. The molecular formula is C14H14INO. The van der Waals surface area contributed by atoms with Crippen LogP contribution in [0, 0.1) is 10.5 Å². The van der Waals surface area contributed by atoms with Crippen LogP contribution in [0.2, 0.25) is 0 Å². The van der Waals surface area contributed by atoms with E-state index < -0.39 is 6.10 Å². The van der Waals surface area contributed by atoms with Crippen molar-refractivity contribution < 1.29 is 5.11 Å². The van der Waals surface area contributed by atoms with E-state index in [0.717, 1.165) is 16.7 Å². The highest BCUT2D eigenvalue weighted by atomic mass is 127. The highest BCUT2D eigenvalue weighted by molar-refractivity contribution is 14.1. The molecule has 0 amide bonds. The van der Waals surface area contributed by atoms with Crippen LogP contribution in [0.4, 0.5) is 0 Å². The van der Waals surface area contributed by atoms with Gasteiger partial charge in [-0.15, -0.1) is 0 Å². The number of halogens is 1. The molecule has 1 unspecified atom stereocenters. The number of aryl methyl sites for hydroxylation is 1. The fraction of sp³-hybridized carbons (Fsp3) is 0.214. The van der Waals surface area contributed by atoms with E-state index >= 15 is 0 Å². The first-order chi connectivity index (χ1) is 8.16. The summed E-state index contributed by atoms with van der Waals surface area (Å²) < 4.78 is 1.21. The Morgan fingerprint density at radius 2 is 1.94 bits per heavy atom. The first-order valence-electron chi connectivity index (χ1n) is 5.50. The van der Waals surface area contributed by atoms with E-state index in [1.807, 2.05) is 13.0 Å². The molecule has 0 aliphatic carbocycles. The molecule has 1 atom stereocenters. The maximum atomic E-state index is 10.2. The zero-order chi connectivity index (χ0) is 12.3. The second kappa shape index (κ2) is 5.60. The summed E-state index contributed by atoms with van der Waals surface area (Å²) in [4.78, 5) is 4.03. The minimum Gasteiger partial charge on any atom is -0.388 e. The normalized spacial score (nSPS) is 12.4. The second-order valence-electron chi connectivity index (χ2n) is 4.08. The Kier molecular flexibility index (Phi) is 4.12. The predicted molar refractivity (Wildman–Crippen MR) is 76.8 cm³/mol. The van der Waals surface area contributed by atoms with Crippen LogP contribution in [0.1, 0.15) is 22.8 Å². The molecule has 0 bridgehead atoms. The average molecular weight is 339 g/mol. The van der Waals surface area contributed by atoms with Gasteiger partial charge in [-0.3, -0.25) is 4.98 Å². The van der Waals surface area contributed by atoms with Crippen LogP contribution in [-0.2, 0) is 6.42 Å². The molecule has 0 spiro atoms. The fourth-order valence-corrected chi connectivity index (χ4v) is 2.17. The van der Waals surface area contributed by atoms with E-state index in [0.29, 0.717) is 6.42 Å². The van der Waals surface area contributed by atoms with Crippen LogP contribution < -0.4 is 0 Å². The van der Waals surface area contributed by atoms with Gasteiger partial charge in [0.1, 0.15) is 0 Å². The smallest absolute Gasteiger partial charge is 0.0834 e. The van der Waals surface area contributed by atoms with Crippen LogP contribution in [-0.4, -0.2) is 10.1 Å². The molecule has 1 aromatic carbocycles. The number of benzene rings is 1. The van der Waals surface area contributed by atoms with Crippen molar-refractivity contribution >= 4 is 22.6 Å². The van der Waals surface area contributed by atoms with Crippen molar-refractivity contribution in [2.24, 2.45) is 0 Å². The number of rotatable bonds is 3. The summed E-state index contributed by atoms with van der Waals surface area (Å²) in [6, 6.07) is 10.1. The predicted octanol–water partition coefficient (Wildman–Crippen LogP) is 3.27. The Morgan fingerprint density at radius 1 is 1.24 bits per heavy atom. The molecule has 3 heteroatoms. The Hall–Kier alpha value is -0.940. The monoisotopic (exact) mass is 339 g/mol. The summed E-state index contributed by atoms with van der Waals surface area (Å²) in [5.41, 5.74) is 3.14. The van der Waals surface area contributed by atoms with Crippen molar-refractivity contribution in [3.05, 3.63) is 63.0 Å². The summed E-state index contributed by atoms with van der Waals surface area (Å²) in [6.45, 7) is 1.97. The van der Waals surface area contributed by atoms with Gasteiger partial charge in [-0.2, -0.15) is 0 Å². The molecular weight excluding hydrogens is 325 g/mol. The minimum atomic E-state index is -0.460.